The highest BCUT2D eigenvalue weighted by atomic mass is 16.4. The Labute approximate surface area is 146 Å². The number of carboxylic acids is 1. The minimum absolute atomic E-state index is 0.0521. The molecule has 132 valence electrons. The van der Waals surface area contributed by atoms with Crippen LogP contribution in [-0.2, 0) is 11.8 Å². The topological polar surface area (TPSA) is 108 Å². The molecule has 1 aromatic carbocycles. The molecule has 4 N–H and O–H groups in total. The van der Waals surface area contributed by atoms with Gasteiger partial charge < -0.3 is 20.3 Å². The molecule has 2 heterocycles. The van der Waals surface area contributed by atoms with E-state index in [4.69, 9.17) is 21.2 Å². The molecule has 7 heteroatoms. The lowest BCUT2D eigenvalue weighted by Gasteiger charge is -2.31. The number of amidine groups is 1. The number of hydrogen-bond acceptors (Lipinski definition) is 4. The first-order chi connectivity index (χ1) is 11.9. The summed E-state index contributed by atoms with van der Waals surface area (Å²) in [4.78, 5) is 17.8. The van der Waals surface area contributed by atoms with E-state index in [9.17, 15) is 4.79 Å². The first-order valence-electron chi connectivity index (χ1n) is 8.39. The van der Waals surface area contributed by atoms with Crippen LogP contribution < -0.4 is 10.6 Å². The molecule has 0 saturated carbocycles. The molecule has 25 heavy (non-hydrogen) atoms. The number of benzene rings is 1. The number of aromatic nitrogens is 2. The van der Waals surface area contributed by atoms with E-state index < -0.39 is 5.97 Å². The molecule has 0 radical (unpaired) electrons. The van der Waals surface area contributed by atoms with Crippen molar-refractivity contribution < 1.29 is 9.90 Å². The lowest BCUT2D eigenvalue weighted by molar-refractivity contribution is -0.138. The normalized spacial score (nSPS) is 15.3. The molecule has 7 nitrogen and oxygen atoms in total. The monoisotopic (exact) mass is 341 g/mol. The van der Waals surface area contributed by atoms with Crippen LogP contribution in [0.4, 0.5) is 5.82 Å². The number of nitrogens with two attached hydrogens (primary N) is 1. The molecule has 0 unspecified atom stereocenters. The van der Waals surface area contributed by atoms with Crippen molar-refractivity contribution in [3.8, 4) is 11.4 Å². The van der Waals surface area contributed by atoms with Gasteiger partial charge in [-0.1, -0.05) is 24.3 Å². The van der Waals surface area contributed by atoms with E-state index in [0.717, 1.165) is 43.1 Å². The van der Waals surface area contributed by atoms with Crippen molar-refractivity contribution in [3.05, 3.63) is 36.0 Å². The summed E-state index contributed by atoms with van der Waals surface area (Å²) in [5.74, 6) is 1.37. The van der Waals surface area contributed by atoms with Gasteiger partial charge >= 0.3 is 5.97 Å². The van der Waals surface area contributed by atoms with Gasteiger partial charge in [-0.2, -0.15) is 0 Å². The predicted octanol–water partition coefficient (Wildman–Crippen LogP) is 2.06. The van der Waals surface area contributed by atoms with E-state index >= 15 is 0 Å². The minimum Gasteiger partial charge on any atom is -0.481 e. The SMILES string of the molecule is Cn1cc(N2CCC(CC(=O)O)CC2)nc1-c1ccc(C(=N)N)cc1. The Morgan fingerprint density at radius 1 is 1.32 bits per heavy atom. The number of nitrogens with one attached hydrogen (secondary N) is 1. The van der Waals surface area contributed by atoms with Gasteiger partial charge in [-0.05, 0) is 18.8 Å². The largest absolute Gasteiger partial charge is 0.481 e. The standard InChI is InChI=1S/C18H23N5O2/c1-22-11-15(23-8-6-12(7-9-23)10-16(24)25)21-18(22)14-4-2-13(3-5-14)17(19)20/h2-5,11-12H,6-10H2,1H3,(H3,19,20)(H,24,25). The third kappa shape index (κ3) is 3.81. The second-order valence-electron chi connectivity index (χ2n) is 6.55. The van der Waals surface area contributed by atoms with Crippen LogP contribution in [0.2, 0.25) is 0 Å². The average Bonchev–Trinajstić information content (AvgIpc) is 2.97. The zero-order valence-corrected chi connectivity index (χ0v) is 14.3. The molecule has 1 saturated heterocycles. The fraction of sp³-hybridized carbons (Fsp3) is 0.389. The second-order valence-corrected chi connectivity index (χ2v) is 6.55. The van der Waals surface area contributed by atoms with E-state index in [-0.39, 0.29) is 18.2 Å². The minimum atomic E-state index is -0.715. The highest BCUT2D eigenvalue weighted by Crippen LogP contribution is 2.27. The number of anilines is 1. The quantitative estimate of drug-likeness (QED) is 0.570. The van der Waals surface area contributed by atoms with E-state index in [1.165, 1.54) is 0 Å². The van der Waals surface area contributed by atoms with Gasteiger partial charge in [0.1, 0.15) is 17.5 Å². The molecule has 1 aliphatic heterocycles. The number of imidazole rings is 1. The maximum atomic E-state index is 10.8. The Kier molecular flexibility index (Phi) is 4.74. The molecule has 1 aromatic heterocycles. The number of nitrogen functional groups attached to an aromatic ring is 1. The molecule has 0 amide bonds. The summed E-state index contributed by atoms with van der Waals surface area (Å²) in [6.45, 7) is 1.66. The highest BCUT2D eigenvalue weighted by Gasteiger charge is 2.23. The van der Waals surface area contributed by atoms with E-state index in [1.807, 2.05) is 42.1 Å². The first-order valence-corrected chi connectivity index (χ1v) is 8.39. The van der Waals surface area contributed by atoms with Crippen LogP contribution in [0.15, 0.2) is 30.5 Å². The molecule has 1 fully saturated rings. The number of nitrogens with zero attached hydrogens (tertiary/aromatic N) is 3. The van der Waals surface area contributed by atoms with Crippen LogP contribution in [0, 0.1) is 11.3 Å². The predicted molar refractivity (Wildman–Crippen MR) is 96.8 cm³/mol. The summed E-state index contributed by atoms with van der Waals surface area (Å²) in [5, 5.41) is 16.4. The Bertz CT molecular complexity index is 773. The van der Waals surface area contributed by atoms with Gasteiger partial charge in [0.25, 0.3) is 0 Å². The zero-order chi connectivity index (χ0) is 18.0. The van der Waals surface area contributed by atoms with E-state index in [0.29, 0.717) is 5.56 Å². The van der Waals surface area contributed by atoms with Crippen molar-refractivity contribution in [2.75, 3.05) is 18.0 Å². The molecule has 0 spiro atoms. The first kappa shape index (κ1) is 17.0. The zero-order valence-electron chi connectivity index (χ0n) is 14.3. The number of aliphatic carboxylic acids is 1. The van der Waals surface area contributed by atoms with Gasteiger partial charge in [0.15, 0.2) is 0 Å². The third-order valence-electron chi connectivity index (χ3n) is 4.72. The van der Waals surface area contributed by atoms with Crippen molar-refractivity contribution in [1.82, 2.24) is 9.55 Å². The smallest absolute Gasteiger partial charge is 0.303 e. The number of carbonyl (C=O) groups is 1. The van der Waals surface area contributed by atoms with E-state index in [2.05, 4.69) is 4.90 Å². The molecule has 3 rings (SSSR count). The molecule has 0 aliphatic carbocycles. The number of carboxylic acid groups (broad SMARTS) is 1. The van der Waals surface area contributed by atoms with Gasteiger partial charge in [0, 0.05) is 43.9 Å². The van der Waals surface area contributed by atoms with Crippen LogP contribution in [0.3, 0.4) is 0 Å². The van der Waals surface area contributed by atoms with Gasteiger partial charge in [-0.25, -0.2) is 4.98 Å². The van der Waals surface area contributed by atoms with Crippen molar-refractivity contribution in [2.24, 2.45) is 18.7 Å². The Balaban J connectivity index is 1.72. The van der Waals surface area contributed by atoms with Crippen LogP contribution >= 0.6 is 0 Å². The van der Waals surface area contributed by atoms with Gasteiger partial charge in [-0.3, -0.25) is 10.2 Å². The maximum absolute atomic E-state index is 10.8. The number of hydrogen-bond donors (Lipinski definition) is 3. The maximum Gasteiger partial charge on any atom is 0.303 e. The van der Waals surface area contributed by atoms with Crippen molar-refractivity contribution in [1.29, 1.82) is 5.41 Å². The molecule has 2 aromatic rings. The fourth-order valence-corrected chi connectivity index (χ4v) is 3.28. The number of piperidine rings is 1. The Hall–Kier alpha value is -2.83. The summed E-state index contributed by atoms with van der Waals surface area (Å²) < 4.78 is 1.99. The van der Waals surface area contributed by atoms with Gasteiger partial charge in [0.05, 0.1) is 0 Å². The van der Waals surface area contributed by atoms with Crippen LogP contribution in [0.1, 0.15) is 24.8 Å². The molecular weight excluding hydrogens is 318 g/mol. The van der Waals surface area contributed by atoms with Gasteiger partial charge in [-0.15, -0.1) is 0 Å². The lowest BCUT2D eigenvalue weighted by atomic mass is 9.94. The van der Waals surface area contributed by atoms with Crippen LogP contribution in [-0.4, -0.2) is 39.6 Å². The highest BCUT2D eigenvalue weighted by molar-refractivity contribution is 5.95. The lowest BCUT2D eigenvalue weighted by Crippen LogP contribution is -2.34. The van der Waals surface area contributed by atoms with Crippen LogP contribution in [0.5, 0.6) is 0 Å². The molecule has 0 atom stereocenters. The van der Waals surface area contributed by atoms with E-state index in [1.54, 1.807) is 0 Å². The number of rotatable bonds is 5. The fourth-order valence-electron chi connectivity index (χ4n) is 3.28. The van der Waals surface area contributed by atoms with Gasteiger partial charge in [0.2, 0.25) is 0 Å². The third-order valence-corrected chi connectivity index (χ3v) is 4.72. The Morgan fingerprint density at radius 3 is 2.52 bits per heavy atom. The summed E-state index contributed by atoms with van der Waals surface area (Å²) in [6.07, 6.45) is 4.02. The summed E-state index contributed by atoms with van der Waals surface area (Å²) in [7, 11) is 1.96. The summed E-state index contributed by atoms with van der Waals surface area (Å²) in [6, 6.07) is 7.48. The average molecular weight is 341 g/mol. The van der Waals surface area contributed by atoms with Crippen LogP contribution in [0.25, 0.3) is 11.4 Å². The Morgan fingerprint density at radius 2 is 1.96 bits per heavy atom. The van der Waals surface area contributed by atoms with Crippen molar-refractivity contribution in [3.63, 3.8) is 0 Å². The molecular formula is C18H23N5O2. The summed E-state index contributed by atoms with van der Waals surface area (Å²) >= 11 is 0. The molecule has 0 bridgehead atoms. The second kappa shape index (κ2) is 6.96. The van der Waals surface area contributed by atoms with Crippen molar-refractivity contribution >= 4 is 17.6 Å². The van der Waals surface area contributed by atoms with Crippen molar-refractivity contribution in [2.45, 2.75) is 19.3 Å². The molecule has 1 aliphatic rings. The number of aryl methyl sites for hydroxylation is 1. The summed E-state index contributed by atoms with van der Waals surface area (Å²) in [5.41, 5.74) is 7.16.